The van der Waals surface area contributed by atoms with E-state index in [2.05, 4.69) is 28.9 Å². The zero-order valence-corrected chi connectivity index (χ0v) is 19.8. The summed E-state index contributed by atoms with van der Waals surface area (Å²) in [5.74, 6) is 7.46. The number of benzene rings is 1. The fourth-order valence-electron chi connectivity index (χ4n) is 3.53. The van der Waals surface area contributed by atoms with E-state index in [1.807, 2.05) is 45.0 Å². The van der Waals surface area contributed by atoms with Crippen molar-refractivity contribution < 1.29 is 14.1 Å². The summed E-state index contributed by atoms with van der Waals surface area (Å²) in [5.41, 5.74) is 1.32. The Morgan fingerprint density at radius 2 is 1.88 bits per heavy atom. The second-order valence-corrected chi connectivity index (χ2v) is 9.33. The van der Waals surface area contributed by atoms with Gasteiger partial charge in [-0.05, 0) is 57.9 Å². The van der Waals surface area contributed by atoms with Crippen LogP contribution >= 0.6 is 0 Å². The lowest BCUT2D eigenvalue weighted by atomic mass is 10.0. The Kier molecular flexibility index (Phi) is 8.33. The number of rotatable bonds is 8. The SMILES string of the molecule is CCCCCCCCC#Cc1ccc(-c2noc([C@@H]3CCN3C(=O)OC(C)(C)C)n2)cc1. The van der Waals surface area contributed by atoms with E-state index in [4.69, 9.17) is 9.26 Å². The first-order chi connectivity index (χ1) is 15.4. The molecule has 0 aliphatic carbocycles. The number of nitrogens with zero attached hydrogens (tertiary/aromatic N) is 3. The molecular weight excluding hydrogens is 402 g/mol. The molecule has 1 atom stereocenters. The smallest absolute Gasteiger partial charge is 0.410 e. The number of carbonyl (C=O) groups excluding carboxylic acids is 1. The maximum Gasteiger partial charge on any atom is 0.410 e. The van der Waals surface area contributed by atoms with E-state index >= 15 is 0 Å². The molecule has 1 saturated heterocycles. The Bertz CT molecular complexity index is 932. The summed E-state index contributed by atoms with van der Waals surface area (Å²) < 4.78 is 10.9. The summed E-state index contributed by atoms with van der Waals surface area (Å²) in [5, 5.41) is 4.10. The summed E-state index contributed by atoms with van der Waals surface area (Å²) in [4.78, 5) is 18.5. The van der Waals surface area contributed by atoms with Gasteiger partial charge in [0, 0.05) is 24.1 Å². The highest BCUT2D eigenvalue weighted by Crippen LogP contribution is 2.34. The minimum absolute atomic E-state index is 0.224. The average Bonchev–Trinajstić information content (AvgIpc) is 3.17. The Morgan fingerprint density at radius 1 is 1.16 bits per heavy atom. The predicted molar refractivity (Wildman–Crippen MR) is 125 cm³/mol. The van der Waals surface area contributed by atoms with Crippen molar-refractivity contribution in [2.45, 2.75) is 90.7 Å². The van der Waals surface area contributed by atoms with Crippen LogP contribution in [-0.2, 0) is 4.74 Å². The van der Waals surface area contributed by atoms with Crippen LogP contribution in [0.5, 0.6) is 0 Å². The fourth-order valence-corrected chi connectivity index (χ4v) is 3.53. The minimum Gasteiger partial charge on any atom is -0.444 e. The average molecular weight is 438 g/mol. The maximum absolute atomic E-state index is 12.3. The normalized spacial score (nSPS) is 15.6. The quantitative estimate of drug-likeness (QED) is 0.347. The van der Waals surface area contributed by atoms with Gasteiger partial charge in [0.25, 0.3) is 0 Å². The first kappa shape index (κ1) is 23.8. The Morgan fingerprint density at radius 3 is 2.53 bits per heavy atom. The van der Waals surface area contributed by atoms with Crippen LogP contribution in [0.1, 0.15) is 96.6 Å². The van der Waals surface area contributed by atoms with Gasteiger partial charge in [-0.3, -0.25) is 4.90 Å². The molecule has 0 bridgehead atoms. The second-order valence-electron chi connectivity index (χ2n) is 9.33. The van der Waals surface area contributed by atoms with Crippen molar-refractivity contribution in [1.29, 1.82) is 0 Å². The van der Waals surface area contributed by atoms with Crippen molar-refractivity contribution in [2.75, 3.05) is 6.54 Å². The topological polar surface area (TPSA) is 68.5 Å². The third kappa shape index (κ3) is 6.85. The van der Waals surface area contributed by atoms with Crippen LogP contribution in [0.15, 0.2) is 28.8 Å². The third-order valence-corrected chi connectivity index (χ3v) is 5.41. The summed E-state index contributed by atoms with van der Waals surface area (Å²) in [7, 11) is 0. The first-order valence-corrected chi connectivity index (χ1v) is 11.8. The molecule has 32 heavy (non-hydrogen) atoms. The molecule has 172 valence electrons. The molecular formula is C26H35N3O3. The van der Waals surface area contributed by atoms with Crippen molar-refractivity contribution in [3.05, 3.63) is 35.7 Å². The molecule has 1 aromatic carbocycles. The standard InChI is InChI=1S/C26H35N3O3/c1-5-6-7-8-9-10-11-12-13-20-14-16-21(17-15-20)23-27-24(32-28-23)22-18-19-29(22)25(30)31-26(2,3)4/h14-17,22H,5-11,18-19H2,1-4H3/t22-/m0/s1. The highest BCUT2D eigenvalue weighted by molar-refractivity contribution is 5.69. The van der Waals surface area contributed by atoms with Gasteiger partial charge in [-0.1, -0.05) is 56.0 Å². The van der Waals surface area contributed by atoms with Gasteiger partial charge in [-0.25, -0.2) is 4.79 Å². The number of carbonyl (C=O) groups is 1. The molecule has 0 N–H and O–H groups in total. The lowest BCUT2D eigenvalue weighted by molar-refractivity contribution is -0.0119. The minimum atomic E-state index is -0.531. The van der Waals surface area contributed by atoms with E-state index in [0.29, 0.717) is 18.3 Å². The number of likely N-dealkylation sites (tertiary alicyclic amines) is 1. The molecule has 0 unspecified atom stereocenters. The largest absolute Gasteiger partial charge is 0.444 e. The van der Waals surface area contributed by atoms with Gasteiger partial charge in [-0.15, -0.1) is 0 Å². The van der Waals surface area contributed by atoms with Crippen LogP contribution < -0.4 is 0 Å². The number of amides is 1. The van der Waals surface area contributed by atoms with Crippen molar-refractivity contribution in [3.63, 3.8) is 0 Å². The maximum atomic E-state index is 12.3. The van der Waals surface area contributed by atoms with E-state index < -0.39 is 5.60 Å². The number of ether oxygens (including phenoxy) is 1. The van der Waals surface area contributed by atoms with Gasteiger partial charge in [0.15, 0.2) is 0 Å². The molecule has 1 fully saturated rings. The van der Waals surface area contributed by atoms with Crippen LogP contribution in [0.2, 0.25) is 0 Å². The Hall–Kier alpha value is -2.81. The van der Waals surface area contributed by atoms with Crippen molar-refractivity contribution >= 4 is 6.09 Å². The van der Waals surface area contributed by atoms with Crippen molar-refractivity contribution in [3.8, 4) is 23.2 Å². The number of hydrogen-bond acceptors (Lipinski definition) is 5. The molecule has 2 aromatic rings. The predicted octanol–water partition coefficient (Wildman–Crippen LogP) is 6.52. The molecule has 1 aromatic heterocycles. The van der Waals surface area contributed by atoms with Crippen molar-refractivity contribution in [1.82, 2.24) is 15.0 Å². The number of unbranched alkanes of at least 4 members (excludes halogenated alkanes) is 6. The molecule has 1 amide bonds. The molecule has 1 aliphatic rings. The Balaban J connectivity index is 1.51. The number of aromatic nitrogens is 2. The van der Waals surface area contributed by atoms with Crippen molar-refractivity contribution in [2.24, 2.45) is 0 Å². The van der Waals surface area contributed by atoms with E-state index in [1.54, 1.807) is 4.90 Å². The number of hydrogen-bond donors (Lipinski definition) is 0. The summed E-state index contributed by atoms with van der Waals surface area (Å²) in [6.07, 6.45) is 9.08. The van der Waals surface area contributed by atoms with E-state index in [1.165, 1.54) is 38.5 Å². The molecule has 2 heterocycles. The summed E-state index contributed by atoms with van der Waals surface area (Å²) >= 11 is 0. The van der Waals surface area contributed by atoms with Crippen LogP contribution in [0.3, 0.4) is 0 Å². The third-order valence-electron chi connectivity index (χ3n) is 5.41. The lowest BCUT2D eigenvalue weighted by Gasteiger charge is -2.39. The van der Waals surface area contributed by atoms with E-state index in [9.17, 15) is 4.79 Å². The molecule has 0 spiro atoms. The van der Waals surface area contributed by atoms with E-state index in [0.717, 1.165) is 24.0 Å². The zero-order valence-electron chi connectivity index (χ0n) is 19.8. The van der Waals surface area contributed by atoms with Gasteiger partial charge in [0.2, 0.25) is 11.7 Å². The molecule has 6 nitrogen and oxygen atoms in total. The zero-order chi connectivity index (χ0) is 23.0. The molecule has 1 aliphatic heterocycles. The Labute approximate surface area is 191 Å². The van der Waals surface area contributed by atoms with E-state index in [-0.39, 0.29) is 12.1 Å². The van der Waals surface area contributed by atoms with Gasteiger partial charge in [0.05, 0.1) is 0 Å². The molecule has 0 radical (unpaired) electrons. The lowest BCUT2D eigenvalue weighted by Crippen LogP contribution is -2.47. The van der Waals surface area contributed by atoms with Gasteiger partial charge in [0.1, 0.15) is 11.6 Å². The second kappa shape index (κ2) is 11.2. The van der Waals surface area contributed by atoms with Gasteiger partial charge >= 0.3 is 6.09 Å². The van der Waals surface area contributed by atoms with Crippen LogP contribution in [0.25, 0.3) is 11.4 Å². The van der Waals surface area contributed by atoms with Gasteiger partial charge < -0.3 is 9.26 Å². The van der Waals surface area contributed by atoms with Crippen LogP contribution in [0.4, 0.5) is 4.79 Å². The monoisotopic (exact) mass is 437 g/mol. The highest BCUT2D eigenvalue weighted by atomic mass is 16.6. The van der Waals surface area contributed by atoms with Crippen LogP contribution in [-0.4, -0.2) is 33.3 Å². The molecule has 6 heteroatoms. The first-order valence-electron chi connectivity index (χ1n) is 11.8. The molecule has 3 rings (SSSR count). The molecule has 0 saturated carbocycles. The fraction of sp³-hybridized carbons (Fsp3) is 0.577. The highest BCUT2D eigenvalue weighted by Gasteiger charge is 2.39. The van der Waals surface area contributed by atoms with Crippen LogP contribution in [0, 0.1) is 11.8 Å². The van der Waals surface area contributed by atoms with Gasteiger partial charge in [-0.2, -0.15) is 4.98 Å². The summed E-state index contributed by atoms with van der Waals surface area (Å²) in [6, 6.07) is 7.65. The summed E-state index contributed by atoms with van der Waals surface area (Å²) in [6.45, 7) is 8.43.